The zero-order valence-corrected chi connectivity index (χ0v) is 9.09. The Morgan fingerprint density at radius 1 is 1.10 bits per heavy atom. The van der Waals surface area contributed by atoms with Crippen molar-refractivity contribution in [1.82, 2.24) is 0 Å². The van der Waals surface area contributed by atoms with Crippen LogP contribution in [-0.2, 0) is 0 Å². The largest absolute Gasteiger partial charge is 0.247 e. The van der Waals surface area contributed by atoms with E-state index >= 15 is 0 Å². The average molecular weight is 162 g/mol. The van der Waals surface area contributed by atoms with Crippen molar-refractivity contribution in [3.8, 4) is 0 Å². The molecule has 0 N–H and O–H groups in total. The molecule has 0 fully saturated rings. The molecule has 0 heterocycles. The molecule has 0 aliphatic carbocycles. The maximum Gasteiger partial charge on any atom is -0.00987 e. The minimum absolute atomic E-state index is 0.314. The Bertz CT molecular complexity index is 89.4. The molecule has 0 aromatic heterocycles. The molecule has 0 bridgehead atoms. The average Bonchev–Trinajstić information content (AvgIpc) is 1.60. The Balaban J connectivity index is 4.07. The summed E-state index contributed by atoms with van der Waals surface area (Å²) in [7, 11) is -0.314. The highest BCUT2D eigenvalue weighted by molar-refractivity contribution is 8.32. The molecule has 0 aromatic rings. The molecule has 1 heteroatoms. The SMILES string of the molecule is CCC(C(C)C)S(C)(C)C. The highest BCUT2D eigenvalue weighted by atomic mass is 32.3. The summed E-state index contributed by atoms with van der Waals surface area (Å²) in [6, 6.07) is 0. The van der Waals surface area contributed by atoms with Gasteiger partial charge in [0.1, 0.15) is 0 Å². The van der Waals surface area contributed by atoms with Crippen molar-refractivity contribution in [2.24, 2.45) is 5.92 Å². The summed E-state index contributed by atoms with van der Waals surface area (Å²) in [5.41, 5.74) is 0. The summed E-state index contributed by atoms with van der Waals surface area (Å²) in [6.45, 7) is 6.99. The second-order valence-corrected chi connectivity index (χ2v) is 8.59. The third-order valence-corrected chi connectivity index (χ3v) is 4.75. The first-order valence-corrected chi connectivity index (χ1v) is 6.98. The molecular weight excluding hydrogens is 140 g/mol. The molecule has 0 rings (SSSR count). The van der Waals surface area contributed by atoms with Crippen molar-refractivity contribution in [3.63, 3.8) is 0 Å². The van der Waals surface area contributed by atoms with Gasteiger partial charge in [-0.05, 0) is 36.4 Å². The van der Waals surface area contributed by atoms with Crippen molar-refractivity contribution in [2.75, 3.05) is 18.8 Å². The summed E-state index contributed by atoms with van der Waals surface area (Å²) >= 11 is 0. The second kappa shape index (κ2) is 3.66. The van der Waals surface area contributed by atoms with E-state index in [1.165, 1.54) is 6.42 Å². The molecule has 0 aliphatic rings. The molecule has 0 saturated carbocycles. The van der Waals surface area contributed by atoms with Crippen molar-refractivity contribution in [3.05, 3.63) is 0 Å². The van der Waals surface area contributed by atoms with E-state index in [0.29, 0.717) is 0 Å². The van der Waals surface area contributed by atoms with Gasteiger partial charge in [-0.3, -0.25) is 0 Å². The van der Waals surface area contributed by atoms with E-state index in [1.807, 2.05) is 0 Å². The van der Waals surface area contributed by atoms with Gasteiger partial charge in [0.2, 0.25) is 0 Å². The zero-order valence-electron chi connectivity index (χ0n) is 8.27. The predicted molar refractivity (Wildman–Crippen MR) is 54.3 cm³/mol. The predicted octanol–water partition coefficient (Wildman–Crippen LogP) is 3.12. The fourth-order valence-corrected chi connectivity index (χ4v) is 4.42. The minimum Gasteiger partial charge on any atom is -0.247 e. The number of rotatable bonds is 3. The van der Waals surface area contributed by atoms with E-state index in [-0.39, 0.29) is 10.0 Å². The Labute approximate surface area is 67.7 Å². The Kier molecular flexibility index (Phi) is 3.79. The van der Waals surface area contributed by atoms with Crippen LogP contribution in [0.1, 0.15) is 27.2 Å². The van der Waals surface area contributed by atoms with Gasteiger partial charge in [0.05, 0.1) is 0 Å². The molecule has 1 atom stereocenters. The topological polar surface area (TPSA) is 0 Å². The van der Waals surface area contributed by atoms with Gasteiger partial charge in [-0.25, -0.2) is 10.0 Å². The Morgan fingerprint density at radius 3 is 1.50 bits per heavy atom. The monoisotopic (exact) mass is 162 g/mol. The number of hydrogen-bond acceptors (Lipinski definition) is 0. The first kappa shape index (κ1) is 10.3. The van der Waals surface area contributed by atoms with Crippen LogP contribution in [-0.4, -0.2) is 24.0 Å². The molecule has 10 heavy (non-hydrogen) atoms. The molecule has 0 aliphatic heterocycles. The van der Waals surface area contributed by atoms with Gasteiger partial charge in [-0.2, -0.15) is 0 Å². The first-order valence-electron chi connectivity index (χ1n) is 4.06. The lowest BCUT2D eigenvalue weighted by Gasteiger charge is -2.38. The van der Waals surface area contributed by atoms with Crippen LogP contribution in [0.25, 0.3) is 0 Å². The van der Waals surface area contributed by atoms with Gasteiger partial charge in [0, 0.05) is 0 Å². The van der Waals surface area contributed by atoms with E-state index in [1.54, 1.807) is 0 Å². The van der Waals surface area contributed by atoms with Gasteiger partial charge in [0.25, 0.3) is 0 Å². The molecule has 0 radical (unpaired) electrons. The molecule has 0 aromatic carbocycles. The molecule has 1 unspecified atom stereocenters. The third kappa shape index (κ3) is 2.96. The van der Waals surface area contributed by atoms with Crippen LogP contribution < -0.4 is 0 Å². The molecular formula is C9H22S. The van der Waals surface area contributed by atoms with Crippen molar-refractivity contribution < 1.29 is 0 Å². The van der Waals surface area contributed by atoms with Crippen LogP contribution in [0.15, 0.2) is 0 Å². The van der Waals surface area contributed by atoms with Crippen LogP contribution in [0.5, 0.6) is 0 Å². The van der Waals surface area contributed by atoms with E-state index in [0.717, 1.165) is 11.2 Å². The third-order valence-electron chi connectivity index (χ3n) is 2.05. The lowest BCUT2D eigenvalue weighted by atomic mass is 10.1. The summed E-state index contributed by atoms with van der Waals surface area (Å²) in [4.78, 5) is 0. The van der Waals surface area contributed by atoms with Crippen LogP contribution >= 0.6 is 10.0 Å². The summed E-state index contributed by atoms with van der Waals surface area (Å²) in [5, 5.41) is 0.951. The van der Waals surface area contributed by atoms with E-state index < -0.39 is 0 Å². The standard InChI is InChI=1S/C9H22S/c1-7-9(8(2)3)10(4,5)6/h8-9H,7H2,1-6H3. The molecule has 0 spiro atoms. The van der Waals surface area contributed by atoms with Crippen molar-refractivity contribution >= 4 is 10.0 Å². The number of hydrogen-bond donors (Lipinski definition) is 0. The van der Waals surface area contributed by atoms with Gasteiger partial charge in [-0.1, -0.05) is 20.8 Å². The van der Waals surface area contributed by atoms with E-state index in [4.69, 9.17) is 0 Å². The Hall–Kier alpha value is 0.350. The summed E-state index contributed by atoms with van der Waals surface area (Å²) in [5.74, 6) is 0.861. The van der Waals surface area contributed by atoms with Gasteiger partial charge < -0.3 is 0 Å². The normalized spacial score (nSPS) is 17.5. The minimum atomic E-state index is -0.314. The van der Waals surface area contributed by atoms with Gasteiger partial charge in [-0.15, -0.1) is 0 Å². The summed E-state index contributed by atoms with van der Waals surface area (Å²) in [6.07, 6.45) is 8.60. The van der Waals surface area contributed by atoms with Crippen LogP contribution in [0.2, 0.25) is 0 Å². The first-order chi connectivity index (χ1) is 4.39. The second-order valence-electron chi connectivity index (χ2n) is 4.12. The van der Waals surface area contributed by atoms with Crippen LogP contribution in [0.4, 0.5) is 0 Å². The van der Waals surface area contributed by atoms with Crippen molar-refractivity contribution in [1.29, 1.82) is 0 Å². The molecule has 64 valence electrons. The maximum absolute atomic E-state index is 2.42. The summed E-state index contributed by atoms with van der Waals surface area (Å²) < 4.78 is 0. The smallest absolute Gasteiger partial charge is 0.00987 e. The maximum atomic E-state index is 2.42. The van der Waals surface area contributed by atoms with Crippen molar-refractivity contribution in [2.45, 2.75) is 32.4 Å². The molecule has 0 saturated heterocycles. The van der Waals surface area contributed by atoms with Crippen LogP contribution in [0.3, 0.4) is 0 Å². The van der Waals surface area contributed by atoms with E-state index in [2.05, 4.69) is 39.5 Å². The van der Waals surface area contributed by atoms with Gasteiger partial charge >= 0.3 is 0 Å². The zero-order chi connectivity index (χ0) is 8.36. The Morgan fingerprint density at radius 2 is 1.50 bits per heavy atom. The van der Waals surface area contributed by atoms with E-state index in [9.17, 15) is 0 Å². The lowest BCUT2D eigenvalue weighted by Crippen LogP contribution is -2.20. The fraction of sp³-hybridized carbons (Fsp3) is 1.00. The highest BCUT2D eigenvalue weighted by Crippen LogP contribution is 2.45. The lowest BCUT2D eigenvalue weighted by molar-refractivity contribution is 0.589. The van der Waals surface area contributed by atoms with Crippen LogP contribution in [0, 0.1) is 5.92 Å². The quantitative estimate of drug-likeness (QED) is 0.598. The molecule has 0 amide bonds. The highest BCUT2D eigenvalue weighted by Gasteiger charge is 2.20. The fourth-order valence-electron chi connectivity index (χ4n) is 1.79. The van der Waals surface area contributed by atoms with Gasteiger partial charge in [0.15, 0.2) is 0 Å². The molecule has 0 nitrogen and oxygen atoms in total.